The van der Waals surface area contributed by atoms with Gasteiger partial charge in [-0.2, -0.15) is 0 Å². The van der Waals surface area contributed by atoms with E-state index in [4.69, 9.17) is 0 Å². The summed E-state index contributed by atoms with van der Waals surface area (Å²) in [5, 5.41) is 0. The van der Waals surface area contributed by atoms with Gasteiger partial charge in [0.1, 0.15) is 0 Å². The number of hydrogen-bond acceptors (Lipinski definition) is 0. The molecule has 0 fully saturated rings. The predicted molar refractivity (Wildman–Crippen MR) is 87.8 cm³/mol. The smallest absolute Gasteiger partial charge is 0.147 e. The van der Waals surface area contributed by atoms with Crippen LogP contribution in [0.4, 0.5) is 0 Å². The van der Waals surface area contributed by atoms with Crippen molar-refractivity contribution >= 4 is 12.4 Å². The van der Waals surface area contributed by atoms with Crippen molar-refractivity contribution in [3.05, 3.63) is 43.3 Å². The van der Waals surface area contributed by atoms with Crippen LogP contribution in [0.5, 0.6) is 0 Å². The average molecular weight is 380 g/mol. The summed E-state index contributed by atoms with van der Waals surface area (Å²) in [4.78, 5) is 0. The Morgan fingerprint density at radius 2 is 1.75 bits per heavy atom. The van der Waals surface area contributed by atoms with E-state index in [9.17, 15) is 0 Å². The van der Waals surface area contributed by atoms with E-state index in [0.717, 1.165) is 0 Å². The van der Waals surface area contributed by atoms with Gasteiger partial charge in [0.25, 0.3) is 0 Å². The van der Waals surface area contributed by atoms with Crippen LogP contribution in [0.25, 0.3) is 0 Å². The Balaban J connectivity index is 0.00000200. The molecule has 2 aliphatic carbocycles. The fourth-order valence-corrected chi connectivity index (χ4v) is 5.72. The molecule has 0 aliphatic heterocycles. The Morgan fingerprint density at radius 1 is 1.05 bits per heavy atom. The van der Waals surface area contributed by atoms with Crippen molar-refractivity contribution in [2.24, 2.45) is 5.41 Å². The van der Waals surface area contributed by atoms with Crippen molar-refractivity contribution in [2.75, 3.05) is 0 Å². The zero-order valence-electron chi connectivity index (χ0n) is 13.3. The molecule has 0 aromatic heterocycles. The molecule has 0 aromatic carbocycles. The van der Waals surface area contributed by atoms with Crippen LogP contribution in [0.1, 0.15) is 60.3 Å². The van der Waals surface area contributed by atoms with E-state index in [1.807, 2.05) is 0 Å². The molecule has 114 valence electrons. The van der Waals surface area contributed by atoms with E-state index in [2.05, 4.69) is 52.8 Å². The summed E-state index contributed by atoms with van der Waals surface area (Å²) >= 11 is 0.239. The molecule has 0 nitrogen and oxygen atoms in total. The van der Waals surface area contributed by atoms with Gasteiger partial charge < -0.3 is 0 Å². The van der Waals surface area contributed by atoms with Crippen LogP contribution < -0.4 is 0 Å². The van der Waals surface area contributed by atoms with E-state index in [1.54, 1.807) is 19.5 Å². The monoisotopic (exact) mass is 380 g/mol. The van der Waals surface area contributed by atoms with Gasteiger partial charge in [0, 0.05) is 0 Å². The molecule has 0 N–H and O–H groups in total. The third kappa shape index (κ3) is 3.55. The second-order valence-corrected chi connectivity index (χ2v) is 8.58. The number of allylic oxidation sites excluding steroid dienone is 8. The molecule has 0 spiro atoms. The summed E-state index contributed by atoms with van der Waals surface area (Å²) in [6.07, 6.45) is 12.3. The van der Waals surface area contributed by atoms with Crippen LogP contribution >= 0.6 is 12.4 Å². The maximum absolute atomic E-state index is 2.41. The maximum Gasteiger partial charge on any atom is -0.147 e. The van der Waals surface area contributed by atoms with Crippen molar-refractivity contribution in [3.8, 4) is 0 Å². The Labute approximate surface area is 138 Å². The van der Waals surface area contributed by atoms with Crippen molar-refractivity contribution in [1.82, 2.24) is 0 Å². The Kier molecular flexibility index (Phi) is 6.48. The van der Waals surface area contributed by atoms with Crippen LogP contribution in [-0.4, -0.2) is 0 Å². The summed E-state index contributed by atoms with van der Waals surface area (Å²) in [5.41, 5.74) is 4.99. The molecule has 0 aromatic rings. The van der Waals surface area contributed by atoms with Crippen molar-refractivity contribution in [3.63, 3.8) is 0 Å². The van der Waals surface area contributed by atoms with Crippen LogP contribution in [0, 0.1) is 5.41 Å². The molecule has 0 amide bonds. The molecule has 2 heteroatoms. The molecule has 0 radical (unpaired) electrons. The van der Waals surface area contributed by atoms with E-state index in [1.165, 1.54) is 31.3 Å². The zero-order chi connectivity index (χ0) is 14.0. The molecular weight excluding hydrogens is 353 g/mol. The molecule has 2 rings (SSSR count). The first-order valence-corrected chi connectivity index (χ1v) is 9.06. The van der Waals surface area contributed by atoms with Crippen molar-refractivity contribution in [2.45, 2.75) is 60.3 Å². The minimum Gasteiger partial charge on any atom is -0.147 e. The fourth-order valence-electron chi connectivity index (χ4n) is 2.80. The SMILES string of the molecule is CC1=C(C)C(C)(C)[C]([Ru][C]2=CC=CCCCC2)=C1C.Cl. The second kappa shape index (κ2) is 7.23. The standard InChI is InChI=1S/C10H15.C8H11.ClH.Ru/c1-7-6-10(4,5)9(3)8(7)2;1-2-4-6-8-7-5-3-1;;/h1-5H3;1-3H,4,6-8H2;1H;. The Bertz CT molecular complexity index is 490. The quantitative estimate of drug-likeness (QED) is 0.504. The number of rotatable bonds is 2. The third-order valence-electron chi connectivity index (χ3n) is 4.56. The largest absolute Gasteiger partial charge is 0.147 e. The first kappa shape index (κ1) is 17.9. The normalized spacial score (nSPS) is 22.6. The Morgan fingerprint density at radius 3 is 2.35 bits per heavy atom. The molecule has 0 unspecified atom stereocenters. The van der Waals surface area contributed by atoms with Crippen LogP contribution in [0.15, 0.2) is 43.3 Å². The minimum atomic E-state index is 0. The predicted octanol–water partition coefficient (Wildman–Crippen LogP) is 6.16. The zero-order valence-corrected chi connectivity index (χ0v) is 15.9. The molecule has 0 saturated carbocycles. The first-order chi connectivity index (χ1) is 8.94. The average Bonchev–Trinajstić information content (AvgIpc) is 2.46. The minimum absolute atomic E-state index is 0. The molecular formula is C18H27ClRu. The van der Waals surface area contributed by atoms with Gasteiger partial charge >= 0.3 is 126 Å². The molecule has 0 heterocycles. The molecule has 0 bridgehead atoms. The van der Waals surface area contributed by atoms with Crippen LogP contribution in [0.2, 0.25) is 0 Å². The number of halogens is 1. The topological polar surface area (TPSA) is 0 Å². The van der Waals surface area contributed by atoms with Gasteiger partial charge in [0.2, 0.25) is 0 Å². The maximum atomic E-state index is 2.41. The fraction of sp³-hybridized carbons (Fsp3) is 0.556. The Hall–Kier alpha value is -0.127. The third-order valence-corrected chi connectivity index (χ3v) is 8.01. The van der Waals surface area contributed by atoms with E-state index >= 15 is 0 Å². The first-order valence-electron chi connectivity index (χ1n) is 7.32. The van der Waals surface area contributed by atoms with E-state index in [-0.39, 0.29) is 29.5 Å². The summed E-state index contributed by atoms with van der Waals surface area (Å²) < 4.78 is 3.43. The summed E-state index contributed by atoms with van der Waals surface area (Å²) in [6, 6.07) is 0. The van der Waals surface area contributed by atoms with Gasteiger partial charge in [-0.05, 0) is 0 Å². The molecule has 20 heavy (non-hydrogen) atoms. The van der Waals surface area contributed by atoms with E-state index < -0.39 is 0 Å². The summed E-state index contributed by atoms with van der Waals surface area (Å²) in [6.45, 7) is 11.8. The molecule has 2 aliphatic rings. The van der Waals surface area contributed by atoms with Gasteiger partial charge in [-0.3, -0.25) is 0 Å². The van der Waals surface area contributed by atoms with Crippen LogP contribution in [-0.2, 0) is 17.1 Å². The van der Waals surface area contributed by atoms with E-state index in [0.29, 0.717) is 5.41 Å². The van der Waals surface area contributed by atoms with Gasteiger partial charge in [0.15, 0.2) is 0 Å². The van der Waals surface area contributed by atoms with Crippen molar-refractivity contribution in [1.29, 1.82) is 0 Å². The molecule has 0 saturated heterocycles. The second-order valence-electron chi connectivity index (χ2n) is 6.16. The van der Waals surface area contributed by atoms with Crippen LogP contribution in [0.3, 0.4) is 0 Å². The van der Waals surface area contributed by atoms with Gasteiger partial charge in [0.05, 0.1) is 0 Å². The van der Waals surface area contributed by atoms with Crippen molar-refractivity contribution < 1.29 is 17.1 Å². The summed E-state index contributed by atoms with van der Waals surface area (Å²) in [7, 11) is 0. The van der Waals surface area contributed by atoms with Gasteiger partial charge in [-0.15, -0.1) is 12.4 Å². The summed E-state index contributed by atoms with van der Waals surface area (Å²) in [5.74, 6) is 0. The molecule has 0 atom stereocenters. The van der Waals surface area contributed by atoms with Gasteiger partial charge in [-0.1, -0.05) is 0 Å². The number of hydrogen-bond donors (Lipinski definition) is 0. The van der Waals surface area contributed by atoms with Gasteiger partial charge in [-0.25, -0.2) is 0 Å².